The molecule has 1 saturated carbocycles. The molecule has 0 aromatic carbocycles. The maximum absolute atomic E-state index is 4.57. The Hall–Kier alpha value is -0.930. The number of nitrogens with zero attached hydrogens (tertiary/aromatic N) is 1. The molecule has 18 heavy (non-hydrogen) atoms. The highest BCUT2D eigenvalue weighted by atomic mass is 32.1. The number of hydrogen-bond acceptors (Lipinski definition) is 3. The van der Waals surface area contributed by atoms with Gasteiger partial charge >= 0.3 is 0 Å². The molecule has 3 unspecified atom stereocenters. The van der Waals surface area contributed by atoms with Crippen LogP contribution < -0.4 is 5.32 Å². The van der Waals surface area contributed by atoms with E-state index in [1.807, 2.05) is 0 Å². The second-order valence-corrected chi connectivity index (χ2v) is 6.10. The van der Waals surface area contributed by atoms with Crippen LogP contribution in [0.4, 0.5) is 0 Å². The number of pyridine rings is 1. The van der Waals surface area contributed by atoms with Crippen molar-refractivity contribution in [2.45, 2.75) is 38.6 Å². The molecule has 1 aliphatic carbocycles. The van der Waals surface area contributed by atoms with Gasteiger partial charge in [-0.25, -0.2) is 0 Å². The number of thiophene rings is 1. The molecule has 1 N–H and O–H groups in total. The van der Waals surface area contributed by atoms with Crippen molar-refractivity contribution in [3.05, 3.63) is 29.3 Å². The molecule has 3 rings (SSSR count). The molecule has 2 aromatic heterocycles. The molecule has 0 bridgehead atoms. The van der Waals surface area contributed by atoms with Crippen LogP contribution in [0.1, 0.15) is 38.2 Å². The standard InChI is InChI=1S/C15H20N2S/c1-3-11-12(8-14(11)16-4-2)10-7-15-13(17-9-10)5-6-18-15/h5-7,9,11-12,14,16H,3-4,8H2,1-2H3. The summed E-state index contributed by atoms with van der Waals surface area (Å²) in [6.45, 7) is 5.58. The van der Waals surface area contributed by atoms with Crippen LogP contribution in [-0.4, -0.2) is 17.6 Å². The summed E-state index contributed by atoms with van der Waals surface area (Å²) in [5.74, 6) is 1.49. The first-order chi connectivity index (χ1) is 8.83. The van der Waals surface area contributed by atoms with E-state index in [1.165, 1.54) is 23.1 Å². The zero-order valence-corrected chi connectivity index (χ0v) is 11.8. The highest BCUT2D eigenvalue weighted by Gasteiger charge is 2.40. The highest BCUT2D eigenvalue weighted by molar-refractivity contribution is 7.17. The van der Waals surface area contributed by atoms with E-state index >= 15 is 0 Å². The van der Waals surface area contributed by atoms with Crippen molar-refractivity contribution in [3.8, 4) is 0 Å². The highest BCUT2D eigenvalue weighted by Crippen LogP contribution is 2.45. The van der Waals surface area contributed by atoms with Crippen LogP contribution in [0.2, 0.25) is 0 Å². The molecule has 3 heteroatoms. The summed E-state index contributed by atoms with van der Waals surface area (Å²) in [6.07, 6.45) is 4.61. The smallest absolute Gasteiger partial charge is 0.0809 e. The summed E-state index contributed by atoms with van der Waals surface area (Å²) in [7, 11) is 0. The van der Waals surface area contributed by atoms with Gasteiger partial charge in [-0.05, 0) is 47.9 Å². The molecule has 1 fully saturated rings. The van der Waals surface area contributed by atoms with Crippen LogP contribution in [0.3, 0.4) is 0 Å². The van der Waals surface area contributed by atoms with E-state index in [0.29, 0.717) is 12.0 Å². The van der Waals surface area contributed by atoms with Gasteiger partial charge in [-0.2, -0.15) is 0 Å². The van der Waals surface area contributed by atoms with Crippen LogP contribution in [-0.2, 0) is 0 Å². The van der Waals surface area contributed by atoms with Gasteiger partial charge in [-0.1, -0.05) is 20.3 Å². The maximum atomic E-state index is 4.57. The van der Waals surface area contributed by atoms with Crippen molar-refractivity contribution in [2.75, 3.05) is 6.54 Å². The van der Waals surface area contributed by atoms with Crippen LogP contribution >= 0.6 is 11.3 Å². The maximum Gasteiger partial charge on any atom is 0.0809 e. The lowest BCUT2D eigenvalue weighted by Gasteiger charge is -2.45. The zero-order chi connectivity index (χ0) is 12.5. The van der Waals surface area contributed by atoms with Gasteiger partial charge in [0.2, 0.25) is 0 Å². The Morgan fingerprint density at radius 2 is 2.33 bits per heavy atom. The normalized spacial score (nSPS) is 27.3. The number of aromatic nitrogens is 1. The van der Waals surface area contributed by atoms with Crippen molar-refractivity contribution < 1.29 is 0 Å². The third-order valence-corrected chi connectivity index (χ3v) is 5.08. The lowest BCUT2D eigenvalue weighted by molar-refractivity contribution is 0.162. The first kappa shape index (κ1) is 12.1. The molecule has 96 valence electrons. The summed E-state index contributed by atoms with van der Waals surface area (Å²) in [5.41, 5.74) is 2.57. The van der Waals surface area contributed by atoms with Gasteiger partial charge in [0.1, 0.15) is 0 Å². The van der Waals surface area contributed by atoms with Gasteiger partial charge in [0, 0.05) is 12.2 Å². The van der Waals surface area contributed by atoms with E-state index in [4.69, 9.17) is 0 Å². The van der Waals surface area contributed by atoms with E-state index in [1.54, 1.807) is 11.3 Å². The van der Waals surface area contributed by atoms with E-state index < -0.39 is 0 Å². The van der Waals surface area contributed by atoms with Crippen LogP contribution in [0.15, 0.2) is 23.7 Å². The van der Waals surface area contributed by atoms with Gasteiger partial charge in [0.25, 0.3) is 0 Å². The number of rotatable bonds is 4. The van der Waals surface area contributed by atoms with Gasteiger partial charge in [0.15, 0.2) is 0 Å². The largest absolute Gasteiger partial charge is 0.314 e. The van der Waals surface area contributed by atoms with E-state index in [-0.39, 0.29) is 0 Å². The number of hydrogen-bond donors (Lipinski definition) is 1. The third-order valence-electron chi connectivity index (χ3n) is 4.23. The van der Waals surface area contributed by atoms with Crippen molar-refractivity contribution in [2.24, 2.45) is 5.92 Å². The van der Waals surface area contributed by atoms with Crippen molar-refractivity contribution in [1.82, 2.24) is 10.3 Å². The van der Waals surface area contributed by atoms with E-state index in [2.05, 4.69) is 47.9 Å². The molecular weight excluding hydrogens is 240 g/mol. The molecule has 0 amide bonds. The summed E-state index contributed by atoms with van der Waals surface area (Å²) in [5, 5.41) is 5.72. The lowest BCUT2D eigenvalue weighted by atomic mass is 9.65. The molecule has 2 heterocycles. The van der Waals surface area contributed by atoms with Gasteiger partial charge in [0.05, 0.1) is 10.2 Å². The Kier molecular flexibility index (Phi) is 3.35. The minimum Gasteiger partial charge on any atom is -0.314 e. The lowest BCUT2D eigenvalue weighted by Crippen LogP contribution is -2.48. The Balaban J connectivity index is 1.82. The summed E-state index contributed by atoms with van der Waals surface area (Å²) in [6, 6.07) is 5.16. The summed E-state index contributed by atoms with van der Waals surface area (Å²) in [4.78, 5) is 4.57. The number of nitrogens with one attached hydrogen (secondary N) is 1. The molecule has 0 aliphatic heterocycles. The quantitative estimate of drug-likeness (QED) is 0.904. The predicted octanol–water partition coefficient (Wildman–Crippen LogP) is 3.79. The summed E-state index contributed by atoms with van der Waals surface area (Å²) < 4.78 is 1.33. The monoisotopic (exact) mass is 260 g/mol. The second-order valence-electron chi connectivity index (χ2n) is 5.15. The SMILES string of the molecule is CCNC1CC(c2cnc3ccsc3c2)C1CC. The Morgan fingerprint density at radius 1 is 1.44 bits per heavy atom. The van der Waals surface area contributed by atoms with Crippen molar-refractivity contribution >= 4 is 21.6 Å². The van der Waals surface area contributed by atoms with E-state index in [0.717, 1.165) is 18.0 Å². The first-order valence-electron chi connectivity index (χ1n) is 6.90. The van der Waals surface area contributed by atoms with Gasteiger partial charge in [-0.3, -0.25) is 4.98 Å². The van der Waals surface area contributed by atoms with Gasteiger partial charge < -0.3 is 5.32 Å². The molecule has 0 spiro atoms. The molecule has 1 aliphatic rings. The van der Waals surface area contributed by atoms with Crippen LogP contribution in [0.25, 0.3) is 10.2 Å². The zero-order valence-electron chi connectivity index (χ0n) is 11.0. The Labute approximate surface area is 112 Å². The Bertz CT molecular complexity index is 534. The van der Waals surface area contributed by atoms with Crippen molar-refractivity contribution in [1.29, 1.82) is 0 Å². The van der Waals surface area contributed by atoms with Crippen molar-refractivity contribution in [3.63, 3.8) is 0 Å². The molecule has 2 aromatic rings. The second kappa shape index (κ2) is 4.98. The fourth-order valence-electron chi connectivity index (χ4n) is 3.22. The van der Waals surface area contributed by atoms with Crippen LogP contribution in [0.5, 0.6) is 0 Å². The molecule has 0 saturated heterocycles. The predicted molar refractivity (Wildman–Crippen MR) is 78.2 cm³/mol. The summed E-state index contributed by atoms with van der Waals surface area (Å²) >= 11 is 1.80. The van der Waals surface area contributed by atoms with E-state index in [9.17, 15) is 0 Å². The fourth-order valence-corrected chi connectivity index (χ4v) is 4.01. The molecular formula is C15H20N2S. The molecule has 0 radical (unpaired) electrons. The minimum atomic E-state index is 0.707. The minimum absolute atomic E-state index is 0.707. The Morgan fingerprint density at radius 3 is 3.11 bits per heavy atom. The average Bonchev–Trinajstić information content (AvgIpc) is 2.81. The average molecular weight is 260 g/mol. The first-order valence-corrected chi connectivity index (χ1v) is 7.78. The van der Waals surface area contributed by atoms with Gasteiger partial charge in [-0.15, -0.1) is 11.3 Å². The third kappa shape index (κ3) is 1.95. The molecule has 3 atom stereocenters. The topological polar surface area (TPSA) is 24.9 Å². The van der Waals surface area contributed by atoms with Crippen LogP contribution in [0, 0.1) is 5.92 Å². The molecule has 2 nitrogen and oxygen atoms in total. The number of fused-ring (bicyclic) bond motifs is 1. The fraction of sp³-hybridized carbons (Fsp3) is 0.533.